The molecule has 0 fully saturated rings. The summed E-state index contributed by atoms with van der Waals surface area (Å²) in [5, 5.41) is 2.21. The first-order chi connectivity index (χ1) is 3.13. The number of amides is 2. The van der Waals surface area contributed by atoms with Crippen molar-refractivity contribution in [1.29, 1.82) is 0 Å². The van der Waals surface area contributed by atoms with Gasteiger partial charge in [-0.1, -0.05) is 11.6 Å². The molecular formula is C3H7ClN2O. The first-order valence-corrected chi connectivity index (χ1v) is 2.26. The van der Waals surface area contributed by atoms with Gasteiger partial charge in [0.05, 0.1) is 0 Å². The fourth-order valence-electron chi connectivity index (χ4n) is 0.196. The molecule has 0 aliphatic rings. The molecule has 42 valence electrons. The van der Waals surface area contributed by atoms with Crippen LogP contribution in [0.4, 0.5) is 4.79 Å². The Labute approximate surface area is 46.8 Å². The van der Waals surface area contributed by atoms with E-state index in [2.05, 4.69) is 11.1 Å². The molecule has 4 heteroatoms. The zero-order valence-corrected chi connectivity index (χ0v) is 4.70. The van der Waals surface area contributed by atoms with Crippen LogP contribution in [0, 0.1) is 0 Å². The maximum Gasteiger partial charge on any atom is 0.313 e. The molecule has 7 heavy (non-hydrogen) atoms. The molecule has 0 aliphatic carbocycles. The quantitative estimate of drug-likeness (QED) is 0.380. The van der Waals surface area contributed by atoms with Crippen molar-refractivity contribution in [2.75, 3.05) is 0 Å². The monoisotopic (exact) mass is 122 g/mol. The molecule has 0 radical (unpaired) electrons. The second-order valence-corrected chi connectivity index (χ2v) is 1.78. The van der Waals surface area contributed by atoms with Crippen LogP contribution in [0.3, 0.4) is 0 Å². The van der Waals surface area contributed by atoms with Gasteiger partial charge < -0.3 is 11.1 Å². The van der Waals surface area contributed by atoms with Gasteiger partial charge in [0.2, 0.25) is 0 Å². The summed E-state index contributed by atoms with van der Waals surface area (Å²) in [7, 11) is 0. The summed E-state index contributed by atoms with van der Waals surface area (Å²) in [6.07, 6.45) is 0. The molecule has 3 nitrogen and oxygen atoms in total. The van der Waals surface area contributed by atoms with E-state index in [1.54, 1.807) is 6.92 Å². The molecule has 0 aromatic heterocycles. The second kappa shape index (κ2) is 2.69. The van der Waals surface area contributed by atoms with Crippen molar-refractivity contribution >= 4 is 17.6 Å². The third-order valence-corrected chi connectivity index (χ3v) is 0.450. The lowest BCUT2D eigenvalue weighted by Crippen LogP contribution is -2.33. The highest BCUT2D eigenvalue weighted by molar-refractivity contribution is 6.20. The third kappa shape index (κ3) is 5.56. The summed E-state index contributed by atoms with van der Waals surface area (Å²) in [5.74, 6) is 0. The van der Waals surface area contributed by atoms with Crippen LogP contribution in [-0.2, 0) is 0 Å². The van der Waals surface area contributed by atoms with Crippen molar-refractivity contribution in [3.05, 3.63) is 0 Å². The van der Waals surface area contributed by atoms with Crippen LogP contribution in [-0.4, -0.2) is 11.5 Å². The van der Waals surface area contributed by atoms with Gasteiger partial charge in [-0.2, -0.15) is 0 Å². The highest BCUT2D eigenvalue weighted by Gasteiger charge is 1.94. The zero-order valence-electron chi connectivity index (χ0n) is 3.94. The number of urea groups is 1. The van der Waals surface area contributed by atoms with Crippen LogP contribution >= 0.6 is 11.6 Å². The predicted molar refractivity (Wildman–Crippen MR) is 28.0 cm³/mol. The van der Waals surface area contributed by atoms with E-state index in [9.17, 15) is 4.79 Å². The third-order valence-electron chi connectivity index (χ3n) is 0.341. The molecule has 0 saturated heterocycles. The molecule has 0 spiro atoms. The van der Waals surface area contributed by atoms with Gasteiger partial charge in [-0.25, -0.2) is 4.79 Å². The molecule has 0 aliphatic heterocycles. The van der Waals surface area contributed by atoms with E-state index in [4.69, 9.17) is 11.6 Å². The van der Waals surface area contributed by atoms with E-state index in [-0.39, 0.29) is 5.50 Å². The van der Waals surface area contributed by atoms with Gasteiger partial charge in [-0.15, -0.1) is 0 Å². The van der Waals surface area contributed by atoms with E-state index < -0.39 is 6.03 Å². The number of rotatable bonds is 1. The Hall–Kier alpha value is -0.440. The fraction of sp³-hybridized carbons (Fsp3) is 0.667. The Morgan fingerprint density at radius 1 is 2.00 bits per heavy atom. The number of alkyl halides is 1. The van der Waals surface area contributed by atoms with E-state index in [1.165, 1.54) is 0 Å². The topological polar surface area (TPSA) is 55.1 Å². The molecule has 1 atom stereocenters. The number of nitrogens with two attached hydrogens (primary N) is 1. The minimum Gasteiger partial charge on any atom is -0.352 e. The van der Waals surface area contributed by atoms with Crippen LogP contribution in [0.2, 0.25) is 0 Å². The molecule has 3 N–H and O–H groups in total. The lowest BCUT2D eigenvalue weighted by molar-refractivity contribution is 0.248. The van der Waals surface area contributed by atoms with Crippen LogP contribution < -0.4 is 11.1 Å². The Bertz CT molecular complexity index is 73.3. The molecule has 2 amide bonds. The average Bonchev–Trinajstić information content (AvgIpc) is 1.27. The van der Waals surface area contributed by atoms with Gasteiger partial charge in [-0.3, -0.25) is 0 Å². The number of nitrogens with one attached hydrogen (secondary N) is 1. The van der Waals surface area contributed by atoms with Gasteiger partial charge >= 0.3 is 6.03 Å². The molecule has 1 unspecified atom stereocenters. The Balaban J connectivity index is 3.13. The minimum atomic E-state index is -0.595. The van der Waals surface area contributed by atoms with E-state index in [0.717, 1.165) is 0 Å². The Morgan fingerprint density at radius 3 is 2.43 bits per heavy atom. The van der Waals surface area contributed by atoms with Crippen molar-refractivity contribution in [3.8, 4) is 0 Å². The minimum absolute atomic E-state index is 0.377. The number of carbonyl (C=O) groups excluding carboxylic acids is 1. The number of primary amides is 1. The number of carbonyl (C=O) groups is 1. The maximum absolute atomic E-state index is 9.84. The summed E-state index contributed by atoms with van der Waals surface area (Å²) in [5.41, 5.74) is 4.28. The standard InChI is InChI=1S/C3H7ClN2O/c1-2(4)6-3(5)7/h2H,1H3,(H3,5,6,7). The molecule has 0 aromatic rings. The molecule has 0 heterocycles. The molecule has 0 saturated carbocycles. The van der Waals surface area contributed by atoms with Gasteiger partial charge in [0.25, 0.3) is 0 Å². The van der Waals surface area contributed by atoms with Crippen molar-refractivity contribution in [2.24, 2.45) is 5.73 Å². The zero-order chi connectivity index (χ0) is 5.86. The average molecular weight is 123 g/mol. The largest absolute Gasteiger partial charge is 0.352 e. The summed E-state index contributed by atoms with van der Waals surface area (Å²) in [6, 6.07) is -0.595. The van der Waals surface area contributed by atoms with E-state index >= 15 is 0 Å². The Kier molecular flexibility index (Phi) is 2.52. The summed E-state index contributed by atoms with van der Waals surface area (Å²) in [6.45, 7) is 1.62. The smallest absolute Gasteiger partial charge is 0.313 e. The highest BCUT2D eigenvalue weighted by atomic mass is 35.5. The number of halogens is 1. The summed E-state index contributed by atoms with van der Waals surface area (Å²) in [4.78, 5) is 9.84. The summed E-state index contributed by atoms with van der Waals surface area (Å²) >= 11 is 5.26. The van der Waals surface area contributed by atoms with Crippen molar-refractivity contribution in [3.63, 3.8) is 0 Å². The highest BCUT2D eigenvalue weighted by Crippen LogP contribution is 1.83. The van der Waals surface area contributed by atoms with Crippen molar-refractivity contribution in [2.45, 2.75) is 12.4 Å². The lowest BCUT2D eigenvalue weighted by Gasteiger charge is -1.99. The lowest BCUT2D eigenvalue weighted by atomic mass is 10.7. The first-order valence-electron chi connectivity index (χ1n) is 1.83. The fourth-order valence-corrected chi connectivity index (χ4v) is 0.304. The van der Waals surface area contributed by atoms with E-state index in [1.807, 2.05) is 0 Å². The van der Waals surface area contributed by atoms with Gasteiger partial charge in [0.1, 0.15) is 5.50 Å². The maximum atomic E-state index is 9.84. The van der Waals surface area contributed by atoms with Gasteiger partial charge in [0, 0.05) is 0 Å². The van der Waals surface area contributed by atoms with Gasteiger partial charge in [-0.05, 0) is 6.92 Å². The second-order valence-electron chi connectivity index (χ2n) is 1.12. The van der Waals surface area contributed by atoms with Crippen LogP contribution in [0.1, 0.15) is 6.92 Å². The molecule has 0 rings (SSSR count). The van der Waals surface area contributed by atoms with Crippen LogP contribution in [0.5, 0.6) is 0 Å². The van der Waals surface area contributed by atoms with Crippen molar-refractivity contribution < 1.29 is 4.79 Å². The first kappa shape index (κ1) is 6.56. The molecule has 0 bridgehead atoms. The van der Waals surface area contributed by atoms with Crippen LogP contribution in [0.15, 0.2) is 0 Å². The normalized spacial score (nSPS) is 12.9. The SMILES string of the molecule is CC(Cl)NC(N)=O. The summed E-state index contributed by atoms with van der Waals surface area (Å²) < 4.78 is 0. The van der Waals surface area contributed by atoms with Gasteiger partial charge in [0.15, 0.2) is 0 Å². The molecule has 0 aromatic carbocycles. The Morgan fingerprint density at radius 2 is 2.43 bits per heavy atom. The number of hydrogen-bond donors (Lipinski definition) is 2. The predicted octanol–water partition coefficient (Wildman–Crippen LogP) is 0.240. The van der Waals surface area contributed by atoms with E-state index in [0.29, 0.717) is 0 Å². The number of hydrogen-bond acceptors (Lipinski definition) is 1. The van der Waals surface area contributed by atoms with Crippen LogP contribution in [0.25, 0.3) is 0 Å². The van der Waals surface area contributed by atoms with Crippen molar-refractivity contribution in [1.82, 2.24) is 5.32 Å². The molecular weight excluding hydrogens is 115 g/mol.